The lowest BCUT2D eigenvalue weighted by atomic mass is 10.0. The molecule has 1 aromatic heterocycles. The highest BCUT2D eigenvalue weighted by Crippen LogP contribution is 2.27. The molecule has 2 heterocycles. The highest BCUT2D eigenvalue weighted by Gasteiger charge is 2.34. The molecule has 1 N–H and O–H groups in total. The standard InChI is InChI=1S/C18H21N3O3S/c22-18(20-15-7-6-11-19-14-15)13-16-8-4-5-12-21(16)25(23,24)17-9-2-1-3-10-17/h1-3,6-7,9-11,14,16H,4-5,8,12-13H2,(H,20,22)/t16-/m0/s1. The van der Waals surface area contributed by atoms with Crippen molar-refractivity contribution in [3.05, 3.63) is 54.9 Å². The minimum atomic E-state index is -3.59. The number of sulfonamides is 1. The van der Waals surface area contributed by atoms with Gasteiger partial charge in [0.1, 0.15) is 0 Å². The number of nitrogens with one attached hydrogen (secondary N) is 1. The zero-order chi connectivity index (χ0) is 17.7. The first-order valence-electron chi connectivity index (χ1n) is 8.34. The molecule has 1 aliphatic rings. The van der Waals surface area contributed by atoms with Gasteiger partial charge in [-0.25, -0.2) is 8.42 Å². The number of rotatable bonds is 5. The van der Waals surface area contributed by atoms with Gasteiger partial charge in [-0.15, -0.1) is 0 Å². The van der Waals surface area contributed by atoms with Crippen LogP contribution in [0.4, 0.5) is 5.69 Å². The molecule has 0 unspecified atom stereocenters. The van der Waals surface area contributed by atoms with Crippen LogP contribution in [0.5, 0.6) is 0 Å². The number of carbonyl (C=O) groups is 1. The molecule has 0 radical (unpaired) electrons. The Balaban J connectivity index is 1.74. The number of hydrogen-bond acceptors (Lipinski definition) is 4. The smallest absolute Gasteiger partial charge is 0.243 e. The minimum Gasteiger partial charge on any atom is -0.325 e. The summed E-state index contributed by atoms with van der Waals surface area (Å²) in [7, 11) is -3.59. The monoisotopic (exact) mass is 359 g/mol. The molecule has 3 rings (SSSR count). The summed E-state index contributed by atoms with van der Waals surface area (Å²) >= 11 is 0. The number of amides is 1. The Morgan fingerprint density at radius 1 is 1.16 bits per heavy atom. The second-order valence-corrected chi connectivity index (χ2v) is 7.96. The lowest BCUT2D eigenvalue weighted by Gasteiger charge is -2.34. The van der Waals surface area contributed by atoms with Gasteiger partial charge >= 0.3 is 0 Å². The van der Waals surface area contributed by atoms with Gasteiger partial charge in [-0.2, -0.15) is 4.31 Å². The van der Waals surface area contributed by atoms with Gasteiger partial charge in [0.2, 0.25) is 15.9 Å². The average molecular weight is 359 g/mol. The maximum atomic E-state index is 12.9. The summed E-state index contributed by atoms with van der Waals surface area (Å²) in [4.78, 5) is 16.6. The molecule has 25 heavy (non-hydrogen) atoms. The van der Waals surface area contributed by atoms with Crippen LogP contribution in [0.2, 0.25) is 0 Å². The van der Waals surface area contributed by atoms with Crippen LogP contribution in [0.25, 0.3) is 0 Å². The topological polar surface area (TPSA) is 79.4 Å². The Kier molecular flexibility index (Phi) is 5.45. The van der Waals surface area contributed by atoms with Crippen LogP contribution in [-0.2, 0) is 14.8 Å². The predicted octanol–water partition coefficient (Wildman–Crippen LogP) is 2.65. The fraction of sp³-hybridized carbons (Fsp3) is 0.333. The van der Waals surface area contributed by atoms with E-state index in [4.69, 9.17) is 0 Å². The molecule has 1 amide bonds. The third kappa shape index (κ3) is 4.24. The SMILES string of the molecule is O=C(C[C@@H]1CCCCN1S(=O)(=O)c1ccccc1)Nc1cccnc1. The number of nitrogens with zero attached hydrogens (tertiary/aromatic N) is 2. The molecule has 132 valence electrons. The van der Waals surface area contributed by atoms with E-state index >= 15 is 0 Å². The van der Waals surface area contributed by atoms with E-state index in [0.29, 0.717) is 18.7 Å². The number of aromatic nitrogens is 1. The molecule has 0 spiro atoms. The van der Waals surface area contributed by atoms with Crippen molar-refractivity contribution in [1.82, 2.24) is 9.29 Å². The molecule has 1 aliphatic heterocycles. The lowest BCUT2D eigenvalue weighted by molar-refractivity contribution is -0.117. The van der Waals surface area contributed by atoms with Gasteiger partial charge in [-0.3, -0.25) is 9.78 Å². The third-order valence-electron chi connectivity index (χ3n) is 4.29. The average Bonchev–Trinajstić information content (AvgIpc) is 2.63. The van der Waals surface area contributed by atoms with E-state index in [1.165, 1.54) is 4.31 Å². The Morgan fingerprint density at radius 3 is 2.68 bits per heavy atom. The van der Waals surface area contributed by atoms with Crippen LogP contribution in [0, 0.1) is 0 Å². The largest absolute Gasteiger partial charge is 0.325 e. The van der Waals surface area contributed by atoms with Crippen LogP contribution in [0.1, 0.15) is 25.7 Å². The van der Waals surface area contributed by atoms with Gasteiger partial charge in [0.05, 0.1) is 16.8 Å². The predicted molar refractivity (Wildman–Crippen MR) is 95.5 cm³/mol. The van der Waals surface area contributed by atoms with Gasteiger partial charge < -0.3 is 5.32 Å². The molecule has 2 aromatic rings. The van der Waals surface area contributed by atoms with Crippen molar-refractivity contribution in [1.29, 1.82) is 0 Å². The zero-order valence-corrected chi connectivity index (χ0v) is 14.7. The molecule has 0 saturated carbocycles. The van der Waals surface area contributed by atoms with Crippen molar-refractivity contribution in [2.24, 2.45) is 0 Å². The van der Waals surface area contributed by atoms with Crippen molar-refractivity contribution in [3.8, 4) is 0 Å². The Labute approximate surface area is 147 Å². The summed E-state index contributed by atoms with van der Waals surface area (Å²) in [5, 5.41) is 2.78. The second kappa shape index (κ2) is 7.76. The first-order valence-corrected chi connectivity index (χ1v) is 9.78. The number of pyridine rings is 1. The number of benzene rings is 1. The number of hydrogen-bond donors (Lipinski definition) is 1. The summed E-state index contributed by atoms with van der Waals surface area (Å²) in [6, 6.07) is 11.6. The molecule has 1 aromatic carbocycles. The van der Waals surface area contributed by atoms with Crippen LogP contribution >= 0.6 is 0 Å². The van der Waals surface area contributed by atoms with E-state index in [9.17, 15) is 13.2 Å². The van der Waals surface area contributed by atoms with Crippen LogP contribution in [-0.4, -0.2) is 36.2 Å². The van der Waals surface area contributed by atoms with Gasteiger partial charge in [-0.1, -0.05) is 24.6 Å². The van der Waals surface area contributed by atoms with Gasteiger partial charge in [-0.05, 0) is 37.1 Å². The fourth-order valence-corrected chi connectivity index (χ4v) is 4.80. The van der Waals surface area contributed by atoms with Crippen molar-refractivity contribution >= 4 is 21.6 Å². The first-order chi connectivity index (χ1) is 12.1. The Bertz CT molecular complexity index is 810. The quantitative estimate of drug-likeness (QED) is 0.890. The molecular weight excluding hydrogens is 338 g/mol. The Morgan fingerprint density at radius 2 is 1.96 bits per heavy atom. The second-order valence-electron chi connectivity index (χ2n) is 6.07. The zero-order valence-electron chi connectivity index (χ0n) is 13.8. The molecule has 0 bridgehead atoms. The lowest BCUT2D eigenvalue weighted by Crippen LogP contribution is -2.45. The first kappa shape index (κ1) is 17.6. The molecule has 1 atom stereocenters. The van der Waals surface area contributed by atoms with E-state index in [1.54, 1.807) is 54.9 Å². The summed E-state index contributed by atoms with van der Waals surface area (Å²) in [5.74, 6) is -0.201. The highest BCUT2D eigenvalue weighted by atomic mass is 32.2. The van der Waals surface area contributed by atoms with E-state index in [2.05, 4.69) is 10.3 Å². The molecule has 6 nitrogen and oxygen atoms in total. The van der Waals surface area contributed by atoms with Crippen LogP contribution in [0.15, 0.2) is 59.8 Å². The van der Waals surface area contributed by atoms with Crippen molar-refractivity contribution < 1.29 is 13.2 Å². The maximum Gasteiger partial charge on any atom is 0.243 e. The van der Waals surface area contributed by atoms with Crippen molar-refractivity contribution in [3.63, 3.8) is 0 Å². The summed E-state index contributed by atoms with van der Waals surface area (Å²) in [6.07, 6.45) is 5.76. The highest BCUT2D eigenvalue weighted by molar-refractivity contribution is 7.89. The summed E-state index contributed by atoms with van der Waals surface area (Å²) < 4.78 is 27.3. The Hall–Kier alpha value is -2.25. The fourth-order valence-electron chi connectivity index (χ4n) is 3.09. The maximum absolute atomic E-state index is 12.9. The van der Waals surface area contributed by atoms with Crippen LogP contribution in [0.3, 0.4) is 0 Å². The normalized spacial score (nSPS) is 18.6. The van der Waals surface area contributed by atoms with Gasteiger partial charge in [0, 0.05) is 25.2 Å². The van der Waals surface area contributed by atoms with Crippen LogP contribution < -0.4 is 5.32 Å². The van der Waals surface area contributed by atoms with E-state index in [0.717, 1.165) is 12.8 Å². The van der Waals surface area contributed by atoms with Crippen molar-refractivity contribution in [2.45, 2.75) is 36.6 Å². The van der Waals surface area contributed by atoms with E-state index in [-0.39, 0.29) is 23.3 Å². The third-order valence-corrected chi connectivity index (χ3v) is 6.26. The van der Waals surface area contributed by atoms with E-state index < -0.39 is 10.0 Å². The minimum absolute atomic E-state index is 0.140. The summed E-state index contributed by atoms with van der Waals surface area (Å²) in [6.45, 7) is 0.446. The molecular formula is C18H21N3O3S. The molecule has 7 heteroatoms. The van der Waals surface area contributed by atoms with Crippen molar-refractivity contribution in [2.75, 3.05) is 11.9 Å². The molecule has 1 fully saturated rings. The number of piperidine rings is 1. The summed E-state index contributed by atoms with van der Waals surface area (Å²) in [5.41, 5.74) is 0.612. The molecule has 0 aliphatic carbocycles. The van der Waals surface area contributed by atoms with Gasteiger partial charge in [0.25, 0.3) is 0 Å². The molecule has 1 saturated heterocycles. The number of anilines is 1. The number of carbonyl (C=O) groups excluding carboxylic acids is 1. The van der Waals surface area contributed by atoms with Gasteiger partial charge in [0.15, 0.2) is 0 Å². The van der Waals surface area contributed by atoms with E-state index in [1.807, 2.05) is 0 Å².